The molecule has 2 aromatic carbocycles. The summed E-state index contributed by atoms with van der Waals surface area (Å²) in [5, 5.41) is 15.7. The Morgan fingerprint density at radius 3 is 2.85 bits per heavy atom. The molecule has 2 heterocycles. The second-order valence-corrected chi connectivity index (χ2v) is 9.71. The Balaban J connectivity index is 1.41. The number of aliphatic hydroxyl groups is 1. The van der Waals surface area contributed by atoms with Crippen molar-refractivity contribution >= 4 is 22.9 Å². The van der Waals surface area contributed by atoms with E-state index in [0.717, 1.165) is 18.2 Å². The lowest BCUT2D eigenvalue weighted by atomic mass is 9.92. The lowest BCUT2D eigenvalue weighted by Gasteiger charge is -2.37. The highest BCUT2D eigenvalue weighted by molar-refractivity contribution is 5.87. The summed E-state index contributed by atoms with van der Waals surface area (Å²) >= 11 is 0. The summed E-state index contributed by atoms with van der Waals surface area (Å²) in [4.78, 5) is 16.7. The number of hydrogen-bond donors (Lipinski definition) is 3. The summed E-state index contributed by atoms with van der Waals surface area (Å²) < 4.78 is 53.8. The van der Waals surface area contributed by atoms with Gasteiger partial charge >= 0.3 is 0 Å². The fraction of sp³-hybridized carbons (Fsp3) is 0.400. The van der Waals surface area contributed by atoms with Crippen molar-refractivity contribution in [2.75, 3.05) is 26.8 Å². The number of aromatic nitrogens is 1. The van der Waals surface area contributed by atoms with Crippen molar-refractivity contribution in [3.8, 4) is 5.75 Å². The summed E-state index contributed by atoms with van der Waals surface area (Å²) in [7, 11) is 1.55. The summed E-state index contributed by atoms with van der Waals surface area (Å²) in [6.45, 7) is 0.339. The SMILES string of the molecule is COc1cccc2c(CC[C@@H]3CC[C@@H](NC/C=C/c4cc(F)ccc4F)[C@@H](CC(=O)NCCO)O3)c(F)cnc12. The number of rotatable bonds is 12. The molecule has 1 aliphatic heterocycles. The predicted molar refractivity (Wildman–Crippen MR) is 146 cm³/mol. The number of pyridine rings is 1. The Morgan fingerprint density at radius 1 is 1.20 bits per heavy atom. The molecular formula is C30H34F3N3O4. The van der Waals surface area contributed by atoms with Crippen molar-refractivity contribution in [3.05, 3.63) is 77.2 Å². The molecule has 1 aliphatic rings. The van der Waals surface area contributed by atoms with Gasteiger partial charge in [0.05, 0.1) is 38.5 Å². The predicted octanol–water partition coefficient (Wildman–Crippen LogP) is 4.31. The van der Waals surface area contributed by atoms with Gasteiger partial charge in [0.25, 0.3) is 0 Å². The molecule has 0 radical (unpaired) electrons. The Labute approximate surface area is 231 Å². The molecule has 1 saturated heterocycles. The number of benzene rings is 2. The Bertz CT molecular complexity index is 1340. The first-order chi connectivity index (χ1) is 19.4. The van der Waals surface area contributed by atoms with Crippen LogP contribution >= 0.6 is 0 Å². The molecule has 214 valence electrons. The topological polar surface area (TPSA) is 92.7 Å². The van der Waals surface area contributed by atoms with Crippen molar-refractivity contribution in [1.82, 2.24) is 15.6 Å². The van der Waals surface area contributed by atoms with Gasteiger partial charge in [-0.25, -0.2) is 18.2 Å². The number of ether oxygens (including phenoxy) is 2. The molecule has 40 heavy (non-hydrogen) atoms. The van der Waals surface area contributed by atoms with Crippen molar-refractivity contribution in [2.45, 2.75) is 50.4 Å². The zero-order valence-corrected chi connectivity index (χ0v) is 22.3. The van der Waals surface area contributed by atoms with E-state index in [-0.39, 0.29) is 43.2 Å². The standard InChI is InChI=1S/C30H34F3N3O4/c1-39-27-6-2-5-23-22(25(33)18-36-30(23)27)10-8-21-9-12-26(28(40-21)17-29(38)35-14-15-37)34-13-3-4-19-16-20(31)7-11-24(19)32/h2-7,11,16,18,21,26,28,34,37H,8-10,12-15,17H2,1H3,(H,35,38)/b4-3+/t21-,26-,28-/m1/s1. The molecule has 3 N–H and O–H groups in total. The van der Waals surface area contributed by atoms with Gasteiger partial charge in [-0.15, -0.1) is 0 Å². The minimum absolute atomic E-state index is 0.0835. The largest absolute Gasteiger partial charge is 0.494 e. The number of aliphatic hydroxyl groups excluding tert-OH is 1. The quantitative estimate of drug-likeness (QED) is 0.308. The van der Waals surface area contributed by atoms with E-state index in [9.17, 15) is 18.0 Å². The van der Waals surface area contributed by atoms with Gasteiger partial charge in [-0.05, 0) is 55.5 Å². The average Bonchev–Trinajstić information content (AvgIpc) is 2.95. The van der Waals surface area contributed by atoms with Crippen LogP contribution in [-0.2, 0) is 16.0 Å². The van der Waals surface area contributed by atoms with Crippen LogP contribution < -0.4 is 15.4 Å². The number of nitrogens with zero attached hydrogens (tertiary/aromatic N) is 1. The summed E-state index contributed by atoms with van der Waals surface area (Å²) in [5.74, 6) is -1.10. The van der Waals surface area contributed by atoms with Gasteiger partial charge in [-0.2, -0.15) is 0 Å². The monoisotopic (exact) mass is 557 g/mol. The number of carbonyl (C=O) groups is 1. The van der Waals surface area contributed by atoms with Gasteiger partial charge in [0, 0.05) is 30.1 Å². The number of carbonyl (C=O) groups excluding carboxylic acids is 1. The number of halogens is 3. The summed E-state index contributed by atoms with van der Waals surface area (Å²) in [6, 6.07) is 8.51. The van der Waals surface area contributed by atoms with Crippen LogP contribution in [0, 0.1) is 17.5 Å². The zero-order valence-electron chi connectivity index (χ0n) is 22.3. The number of para-hydroxylation sites is 1. The maximum atomic E-state index is 14.8. The highest BCUT2D eigenvalue weighted by atomic mass is 19.1. The highest BCUT2D eigenvalue weighted by Gasteiger charge is 2.32. The number of aryl methyl sites for hydroxylation is 1. The van der Waals surface area contributed by atoms with Crippen molar-refractivity contribution in [3.63, 3.8) is 0 Å². The molecule has 1 amide bonds. The highest BCUT2D eigenvalue weighted by Crippen LogP contribution is 2.30. The normalized spacial score (nSPS) is 19.3. The zero-order chi connectivity index (χ0) is 28.5. The van der Waals surface area contributed by atoms with Crippen LogP contribution in [0.5, 0.6) is 5.75 Å². The van der Waals surface area contributed by atoms with Gasteiger partial charge in [0.1, 0.15) is 28.7 Å². The molecular weight excluding hydrogens is 523 g/mol. The maximum Gasteiger partial charge on any atom is 0.222 e. The lowest BCUT2D eigenvalue weighted by Crippen LogP contribution is -2.49. The minimum atomic E-state index is -0.520. The first-order valence-electron chi connectivity index (χ1n) is 13.4. The molecule has 3 atom stereocenters. The Hall–Kier alpha value is -3.47. The average molecular weight is 558 g/mol. The molecule has 4 rings (SSSR count). The van der Waals surface area contributed by atoms with Crippen LogP contribution in [0.1, 0.15) is 36.8 Å². The van der Waals surface area contributed by atoms with Gasteiger partial charge in [-0.1, -0.05) is 24.3 Å². The number of amides is 1. The number of nitrogens with one attached hydrogen (secondary N) is 2. The molecule has 7 nitrogen and oxygen atoms in total. The third-order valence-corrected chi connectivity index (χ3v) is 7.05. The van der Waals surface area contributed by atoms with E-state index in [0.29, 0.717) is 54.4 Å². The number of hydrogen-bond acceptors (Lipinski definition) is 6. The van der Waals surface area contributed by atoms with E-state index in [2.05, 4.69) is 15.6 Å². The Kier molecular flexibility index (Phi) is 10.5. The molecule has 1 aromatic heterocycles. The van der Waals surface area contributed by atoms with Gasteiger partial charge in [-0.3, -0.25) is 4.79 Å². The van der Waals surface area contributed by atoms with Crippen molar-refractivity contribution < 1.29 is 32.5 Å². The van der Waals surface area contributed by atoms with Crippen LogP contribution in [0.25, 0.3) is 17.0 Å². The van der Waals surface area contributed by atoms with Crippen LogP contribution in [0.4, 0.5) is 13.2 Å². The van der Waals surface area contributed by atoms with E-state index in [1.807, 2.05) is 6.07 Å². The van der Waals surface area contributed by atoms with Gasteiger partial charge < -0.3 is 25.2 Å². The molecule has 3 aromatic rings. The smallest absolute Gasteiger partial charge is 0.222 e. The van der Waals surface area contributed by atoms with Gasteiger partial charge in [0.2, 0.25) is 5.91 Å². The third kappa shape index (κ3) is 7.59. The molecule has 0 saturated carbocycles. The van der Waals surface area contributed by atoms with Crippen LogP contribution in [0.15, 0.2) is 48.7 Å². The van der Waals surface area contributed by atoms with E-state index >= 15 is 0 Å². The molecule has 0 spiro atoms. The summed E-state index contributed by atoms with van der Waals surface area (Å²) in [6.07, 6.45) is 6.21. The van der Waals surface area contributed by atoms with Crippen LogP contribution in [0.2, 0.25) is 0 Å². The second-order valence-electron chi connectivity index (χ2n) is 9.71. The van der Waals surface area contributed by atoms with Crippen LogP contribution in [0.3, 0.4) is 0 Å². The molecule has 0 aliphatic carbocycles. The molecule has 10 heteroatoms. The van der Waals surface area contributed by atoms with Crippen molar-refractivity contribution in [1.29, 1.82) is 0 Å². The maximum absolute atomic E-state index is 14.8. The molecule has 1 fully saturated rings. The first kappa shape index (κ1) is 29.5. The minimum Gasteiger partial charge on any atom is -0.494 e. The number of fused-ring (bicyclic) bond motifs is 1. The third-order valence-electron chi connectivity index (χ3n) is 7.05. The number of methoxy groups -OCH3 is 1. The van der Waals surface area contributed by atoms with Crippen molar-refractivity contribution in [2.24, 2.45) is 0 Å². The van der Waals surface area contributed by atoms with Gasteiger partial charge in [0.15, 0.2) is 0 Å². The molecule has 0 bridgehead atoms. The van der Waals surface area contributed by atoms with Crippen LogP contribution in [-0.4, -0.2) is 61.1 Å². The fourth-order valence-electron chi connectivity index (χ4n) is 5.05. The lowest BCUT2D eigenvalue weighted by molar-refractivity contribution is -0.129. The van der Waals surface area contributed by atoms with E-state index in [4.69, 9.17) is 14.6 Å². The fourth-order valence-corrected chi connectivity index (χ4v) is 5.05. The summed E-state index contributed by atoms with van der Waals surface area (Å²) in [5.41, 5.74) is 1.29. The molecule has 0 unspecified atom stereocenters. The van der Waals surface area contributed by atoms with E-state index in [1.165, 1.54) is 12.3 Å². The van der Waals surface area contributed by atoms with E-state index < -0.39 is 23.6 Å². The second kappa shape index (κ2) is 14.2. The Morgan fingerprint density at radius 2 is 2.05 bits per heavy atom. The van der Waals surface area contributed by atoms with E-state index in [1.54, 1.807) is 25.3 Å². The first-order valence-corrected chi connectivity index (χ1v) is 13.4.